The number of benzene rings is 4. The average molecular weight is 1270 g/mol. The molecule has 0 radical (unpaired) electrons. The Balaban J connectivity index is 0.000000253. The molecule has 85 heavy (non-hydrogen) atoms. The van der Waals surface area contributed by atoms with E-state index in [1.165, 1.54) is 54.4 Å². The van der Waals surface area contributed by atoms with Crippen molar-refractivity contribution in [3.8, 4) is 23.0 Å². The van der Waals surface area contributed by atoms with Gasteiger partial charge in [-0.05, 0) is 215 Å². The maximum Gasteiger partial charge on any atom is 0.347 e. The molecular weight excluding hydrogens is 1190 g/mol. The van der Waals surface area contributed by atoms with Crippen LogP contribution >= 0.6 is 0 Å². The fourth-order valence-electron chi connectivity index (χ4n) is 10.4. The summed E-state index contributed by atoms with van der Waals surface area (Å²) in [6, 6.07) is 21.2. The number of imide groups is 2. The van der Waals surface area contributed by atoms with Gasteiger partial charge in [-0.25, -0.2) is 19.2 Å². The quantitative estimate of drug-likeness (QED) is 0.0147. The molecule has 21 nitrogen and oxygen atoms in total. The van der Waals surface area contributed by atoms with Crippen LogP contribution in [0.15, 0.2) is 86.0 Å². The summed E-state index contributed by atoms with van der Waals surface area (Å²) in [5.74, 6) is -3.11. The van der Waals surface area contributed by atoms with Gasteiger partial charge in [0.25, 0.3) is 23.6 Å². The summed E-state index contributed by atoms with van der Waals surface area (Å²) in [5.41, 5.74) is 12.9. The van der Waals surface area contributed by atoms with Crippen LogP contribution in [0.4, 0.5) is 0 Å². The minimum Gasteiger partial charge on any atom is -0.457 e. The van der Waals surface area contributed by atoms with Crippen molar-refractivity contribution in [1.82, 2.24) is 15.1 Å². The van der Waals surface area contributed by atoms with Crippen LogP contribution in [0.2, 0.25) is 96.7 Å². The Bertz CT molecular complexity index is 3110. The first-order valence-corrected chi connectivity index (χ1v) is 46.2. The third kappa shape index (κ3) is 18.7. The Morgan fingerprint density at radius 2 is 0.741 bits per heavy atom. The molecule has 0 atom stereocenters. The molecule has 4 heterocycles. The van der Waals surface area contributed by atoms with Gasteiger partial charge in [-0.15, -0.1) is 13.2 Å². The van der Waals surface area contributed by atoms with Crippen LogP contribution in [-0.4, -0.2) is 148 Å². The smallest absolute Gasteiger partial charge is 0.347 e. The number of nitrogens with one attached hydrogen (secondary N) is 1. The molecule has 0 spiro atoms. The number of rotatable bonds is 24. The molecule has 4 aliphatic rings. The van der Waals surface area contributed by atoms with Crippen molar-refractivity contribution in [1.29, 1.82) is 0 Å². The summed E-state index contributed by atoms with van der Waals surface area (Å²) in [6.45, 7) is 34.4. The number of carbonyl (C=O) groups excluding carboxylic acids is 8. The van der Waals surface area contributed by atoms with Gasteiger partial charge in [0.1, 0.15) is 23.0 Å². The first kappa shape index (κ1) is 69.6. The molecule has 0 unspecified atom stereocenters. The van der Waals surface area contributed by atoms with Crippen LogP contribution in [0.25, 0.3) is 0 Å². The summed E-state index contributed by atoms with van der Waals surface area (Å²) in [5, 5.41) is 3.18. The van der Waals surface area contributed by atoms with E-state index in [1.54, 1.807) is 30.3 Å². The highest BCUT2D eigenvalue weighted by atomic mass is 28.5. The molecule has 8 rings (SSSR count). The lowest BCUT2D eigenvalue weighted by Gasteiger charge is -2.39. The van der Waals surface area contributed by atoms with Crippen LogP contribution in [0.3, 0.4) is 0 Å². The van der Waals surface area contributed by atoms with Crippen molar-refractivity contribution in [2.75, 3.05) is 39.9 Å². The fraction of sp³-hybridized carbons (Fsp3) is 0.414. The van der Waals surface area contributed by atoms with E-state index in [9.17, 15) is 38.4 Å². The monoisotopic (exact) mass is 1270 g/mol. The van der Waals surface area contributed by atoms with Crippen LogP contribution in [0.5, 0.6) is 23.0 Å². The number of amides is 4. The van der Waals surface area contributed by atoms with E-state index >= 15 is 0 Å². The zero-order valence-electron chi connectivity index (χ0n) is 51.5. The predicted molar refractivity (Wildman–Crippen MR) is 338 cm³/mol. The summed E-state index contributed by atoms with van der Waals surface area (Å²) >= 11 is 0. The van der Waals surface area contributed by atoms with Crippen LogP contribution in [-0.2, 0) is 25.9 Å². The lowest BCUT2D eigenvalue weighted by atomic mass is 10.1. The normalized spacial score (nSPS) is 14.8. The van der Waals surface area contributed by atoms with Crippen molar-refractivity contribution in [3.05, 3.63) is 130 Å². The summed E-state index contributed by atoms with van der Waals surface area (Å²) < 4.78 is 46.6. The lowest BCUT2D eigenvalue weighted by Crippen LogP contribution is -2.56. The van der Waals surface area contributed by atoms with Crippen LogP contribution in [0, 0.1) is 0 Å². The van der Waals surface area contributed by atoms with Crippen molar-refractivity contribution < 1.29 is 73.8 Å². The van der Waals surface area contributed by atoms with Gasteiger partial charge >= 0.3 is 41.0 Å². The molecule has 4 amide bonds. The third-order valence-electron chi connectivity index (χ3n) is 13.5. The van der Waals surface area contributed by atoms with Crippen molar-refractivity contribution in [2.24, 2.45) is 11.5 Å². The molecule has 0 saturated heterocycles. The number of nitrogens with zero attached hydrogens (tertiary/aromatic N) is 2. The minimum atomic E-state index is -2.53. The van der Waals surface area contributed by atoms with Gasteiger partial charge in [0.05, 0.1) is 44.5 Å². The molecule has 0 fully saturated rings. The second-order valence-electron chi connectivity index (χ2n) is 24.0. The first-order chi connectivity index (χ1) is 39.6. The second kappa shape index (κ2) is 28.5. The Labute approximate surface area is 505 Å². The zero-order valence-corrected chi connectivity index (χ0v) is 57.5. The van der Waals surface area contributed by atoms with E-state index in [2.05, 4.69) is 80.3 Å². The van der Waals surface area contributed by atoms with Crippen molar-refractivity contribution >= 4 is 97.9 Å². The highest BCUT2D eigenvalue weighted by Crippen LogP contribution is 2.35. The maximum absolute atomic E-state index is 13.4. The maximum atomic E-state index is 13.4. The van der Waals surface area contributed by atoms with Gasteiger partial charge < -0.3 is 52.2 Å². The molecule has 0 aromatic heterocycles. The number of cyclic esters (lactones) is 4. The number of esters is 4. The zero-order chi connectivity index (χ0) is 63.6. The lowest BCUT2D eigenvalue weighted by molar-refractivity contribution is 0.0425. The topological polar surface area (TPSA) is 281 Å². The number of hydrogen-bond acceptors (Lipinski definition) is 19. The van der Waals surface area contributed by atoms with Gasteiger partial charge in [0.15, 0.2) is 33.3 Å². The molecule has 460 valence electrons. The largest absolute Gasteiger partial charge is 0.457 e. The fourth-order valence-corrected chi connectivity index (χ4v) is 38.5. The van der Waals surface area contributed by atoms with E-state index in [0.29, 0.717) is 22.6 Å². The van der Waals surface area contributed by atoms with E-state index in [0.717, 1.165) is 61.9 Å². The molecule has 4 aromatic rings. The Morgan fingerprint density at radius 3 is 1.13 bits per heavy atom. The van der Waals surface area contributed by atoms with E-state index in [-0.39, 0.29) is 62.9 Å². The molecule has 0 saturated carbocycles. The van der Waals surface area contributed by atoms with Crippen molar-refractivity contribution in [2.45, 2.75) is 116 Å². The number of ether oxygens (including phenoxy) is 4. The van der Waals surface area contributed by atoms with Gasteiger partial charge in [0.2, 0.25) is 0 Å². The molecule has 0 bridgehead atoms. The van der Waals surface area contributed by atoms with Gasteiger partial charge in [-0.2, -0.15) is 0 Å². The predicted octanol–water partition coefficient (Wildman–Crippen LogP) is 10.3. The third-order valence-corrected chi connectivity index (χ3v) is 36.0. The van der Waals surface area contributed by atoms with Gasteiger partial charge in [0, 0.05) is 13.2 Å². The summed E-state index contributed by atoms with van der Waals surface area (Å²) in [6.07, 6.45) is 3.37. The molecular formula is C58H83N5O16Si6. The SMILES string of the molecule is C=C.CNCCC[Si](C)(C)O[Si](C)(C)O[Si](C)(C)CN1C(=O)c2ccc(Oc3ccc4c(c3)C(=O)N(C)C4=O)cc2C1=O.C[Si](C)(CCCN)O[Si](C)(C)O[Si](C)(C)CCCN.O=C1OC(=O)c2cc(Oc3ccc4c(c3)C(=O)OC4=O)ccc21. The average Bonchev–Trinajstić information content (AvgIpc) is 1.93. The van der Waals surface area contributed by atoms with Gasteiger partial charge in [-0.3, -0.25) is 29.0 Å². The van der Waals surface area contributed by atoms with Gasteiger partial charge in [-0.1, -0.05) is 0 Å². The highest BCUT2D eigenvalue weighted by Gasteiger charge is 2.45. The summed E-state index contributed by atoms with van der Waals surface area (Å²) in [4.78, 5) is 99.3. The Hall–Kier alpha value is -6.20. The van der Waals surface area contributed by atoms with E-state index in [1.807, 2.05) is 33.2 Å². The van der Waals surface area contributed by atoms with Crippen LogP contribution < -0.4 is 26.3 Å². The van der Waals surface area contributed by atoms with Crippen molar-refractivity contribution in [3.63, 3.8) is 0 Å². The highest BCUT2D eigenvalue weighted by molar-refractivity contribution is 6.88. The summed E-state index contributed by atoms with van der Waals surface area (Å²) in [7, 11) is -8.91. The Kier molecular flexibility index (Phi) is 23.4. The molecule has 4 aromatic carbocycles. The van der Waals surface area contributed by atoms with E-state index in [4.69, 9.17) is 37.4 Å². The second-order valence-corrected chi connectivity index (χ2v) is 48.8. The molecule has 0 aliphatic carbocycles. The number of fused-ring (bicyclic) bond motifs is 4. The van der Waals surface area contributed by atoms with E-state index < -0.39 is 86.1 Å². The Morgan fingerprint density at radius 1 is 0.435 bits per heavy atom. The number of hydrogen-bond donors (Lipinski definition) is 3. The number of carbonyl (C=O) groups is 8. The molecule has 5 N–H and O–H groups in total. The van der Waals surface area contributed by atoms with Crippen LogP contribution in [0.1, 0.15) is 102 Å². The number of nitrogens with two attached hydrogens (primary N) is 2. The first-order valence-electron chi connectivity index (χ1n) is 28.1. The molecule has 4 aliphatic heterocycles. The minimum absolute atomic E-state index is 0.114. The standard InChI is InChI=1S/C28H39N3O7Si3.C16H6O7.C12H34N2O2Si3.C2H4/c1-29-14-9-15-39(3,4)37-41(7,8)38-40(5,6)18-31-27(34)22-13-11-20(17-24(22)28(31)35)36-19-10-12-21-23(16-19)26(33)30(2)25(21)32;17-13-9-3-1-7(5-11(9)15(19)22-13)21-8-2-4-10-12(6-8)16(20)23-14(10)18;1-17(2,11-7-9-13)15-19(5,6)16-18(3,4)12-8-10-14;1-2/h10-13,16-17,29H,9,14-15,18H2,1-8H3;1-6H;7-14H2,1-6H3;1-2H2. The molecule has 27 heteroatoms.